The van der Waals surface area contributed by atoms with Gasteiger partial charge < -0.3 is 4.90 Å². The number of rotatable bonds is 3. The van der Waals surface area contributed by atoms with E-state index in [1.165, 1.54) is 30.6 Å². The molecule has 2 aromatic rings. The molecule has 0 aromatic carbocycles. The smallest absolute Gasteiger partial charge is 0.274 e. The molecular formula is C18H23N3OS. The van der Waals surface area contributed by atoms with Crippen LogP contribution in [0.3, 0.4) is 0 Å². The number of likely N-dealkylation sites (tertiary alicyclic amines) is 1. The summed E-state index contributed by atoms with van der Waals surface area (Å²) in [5, 5.41) is 7.33. The molecule has 3 heterocycles. The average Bonchev–Trinajstić information content (AvgIpc) is 3.31. The van der Waals surface area contributed by atoms with Gasteiger partial charge in [-0.3, -0.25) is 9.89 Å². The Morgan fingerprint density at radius 1 is 1.26 bits per heavy atom. The minimum atomic E-state index is 0.107. The Hall–Kier alpha value is -1.62. The zero-order valence-electron chi connectivity index (χ0n) is 13.5. The van der Waals surface area contributed by atoms with Gasteiger partial charge in [0.1, 0.15) is 0 Å². The number of hydrogen-bond donors (Lipinski definition) is 1. The van der Waals surface area contributed by atoms with Crippen molar-refractivity contribution in [2.24, 2.45) is 5.92 Å². The number of thiophene rings is 1. The average molecular weight is 329 g/mol. The molecule has 1 atom stereocenters. The van der Waals surface area contributed by atoms with Gasteiger partial charge in [-0.15, -0.1) is 11.3 Å². The molecular weight excluding hydrogens is 306 g/mol. The molecule has 0 unspecified atom stereocenters. The predicted molar refractivity (Wildman–Crippen MR) is 92.7 cm³/mol. The summed E-state index contributed by atoms with van der Waals surface area (Å²) in [7, 11) is 0. The van der Waals surface area contributed by atoms with Gasteiger partial charge in [-0.1, -0.05) is 12.8 Å². The molecule has 122 valence electrons. The van der Waals surface area contributed by atoms with E-state index in [1.54, 1.807) is 11.3 Å². The Morgan fingerprint density at radius 3 is 2.83 bits per heavy atom. The van der Waals surface area contributed by atoms with Crippen LogP contribution < -0.4 is 0 Å². The molecule has 2 aliphatic rings. The number of H-pyrrole nitrogens is 1. The zero-order chi connectivity index (χ0) is 15.8. The molecule has 0 radical (unpaired) electrons. The van der Waals surface area contributed by atoms with Crippen LogP contribution in [0.5, 0.6) is 0 Å². The standard InChI is InChI=1S/C18H23N3OS/c1-12-8-9-17(23-12)14-11-15(20-19-14)18(22)21-10-4-7-16(21)13-5-2-3-6-13/h8-9,11,13,16H,2-7,10H2,1H3,(H,19,20)/t16-/m0/s1. The SMILES string of the molecule is Cc1ccc(-c2cc(C(=O)N3CCC[C@H]3C3CCCC3)n[nH]2)s1. The van der Waals surface area contributed by atoms with Gasteiger partial charge in [0.2, 0.25) is 0 Å². The third-order valence-electron chi connectivity index (χ3n) is 5.31. The van der Waals surface area contributed by atoms with Gasteiger partial charge in [-0.25, -0.2) is 0 Å². The van der Waals surface area contributed by atoms with Gasteiger partial charge in [0.05, 0.1) is 10.6 Å². The van der Waals surface area contributed by atoms with Crippen molar-refractivity contribution < 1.29 is 4.79 Å². The first-order chi connectivity index (χ1) is 11.2. The Labute approximate surface area is 140 Å². The summed E-state index contributed by atoms with van der Waals surface area (Å²) in [4.78, 5) is 17.4. The van der Waals surface area contributed by atoms with Gasteiger partial charge in [-0.2, -0.15) is 5.10 Å². The summed E-state index contributed by atoms with van der Waals surface area (Å²) in [6.45, 7) is 2.98. The molecule has 1 saturated heterocycles. The summed E-state index contributed by atoms with van der Waals surface area (Å²) in [6, 6.07) is 6.53. The fourth-order valence-corrected chi connectivity index (χ4v) is 4.99. The van der Waals surface area contributed by atoms with Crippen LogP contribution >= 0.6 is 11.3 Å². The number of carbonyl (C=O) groups is 1. The largest absolute Gasteiger partial charge is 0.334 e. The van der Waals surface area contributed by atoms with Crippen LogP contribution in [0.2, 0.25) is 0 Å². The van der Waals surface area contributed by atoms with E-state index in [9.17, 15) is 4.79 Å². The number of aromatic nitrogens is 2. The van der Waals surface area contributed by atoms with Gasteiger partial charge in [0.15, 0.2) is 5.69 Å². The molecule has 4 nitrogen and oxygen atoms in total. The normalized spacial score (nSPS) is 22.1. The molecule has 1 aliphatic carbocycles. The Balaban J connectivity index is 1.53. The van der Waals surface area contributed by atoms with Gasteiger partial charge >= 0.3 is 0 Å². The van der Waals surface area contributed by atoms with Crippen LogP contribution in [0.25, 0.3) is 10.6 Å². The monoisotopic (exact) mass is 329 g/mol. The summed E-state index contributed by atoms with van der Waals surface area (Å²) in [5.41, 5.74) is 1.51. The van der Waals surface area contributed by atoms with Crippen molar-refractivity contribution in [3.05, 3.63) is 28.8 Å². The molecule has 1 amide bonds. The van der Waals surface area contributed by atoms with Crippen LogP contribution in [0, 0.1) is 12.8 Å². The van der Waals surface area contributed by atoms with Gasteiger partial charge in [-0.05, 0) is 56.7 Å². The van der Waals surface area contributed by atoms with Crippen molar-refractivity contribution in [1.82, 2.24) is 15.1 Å². The molecule has 1 saturated carbocycles. The first-order valence-electron chi connectivity index (χ1n) is 8.65. The summed E-state index contributed by atoms with van der Waals surface area (Å²) in [6.07, 6.45) is 7.52. The van der Waals surface area contributed by atoms with E-state index in [0.717, 1.165) is 30.0 Å². The molecule has 1 aliphatic heterocycles. The minimum Gasteiger partial charge on any atom is -0.334 e. The molecule has 1 N–H and O–H groups in total. The number of aryl methyl sites for hydroxylation is 1. The molecule has 0 spiro atoms. The van der Waals surface area contributed by atoms with E-state index in [-0.39, 0.29) is 5.91 Å². The highest BCUT2D eigenvalue weighted by molar-refractivity contribution is 7.15. The number of carbonyl (C=O) groups excluding carboxylic acids is 1. The maximum atomic E-state index is 12.9. The lowest BCUT2D eigenvalue weighted by atomic mass is 9.96. The highest BCUT2D eigenvalue weighted by Gasteiger charge is 2.36. The maximum absolute atomic E-state index is 12.9. The molecule has 2 fully saturated rings. The van der Waals surface area contributed by atoms with Crippen molar-refractivity contribution in [2.75, 3.05) is 6.54 Å². The highest BCUT2D eigenvalue weighted by atomic mass is 32.1. The highest BCUT2D eigenvalue weighted by Crippen LogP contribution is 2.36. The second-order valence-electron chi connectivity index (χ2n) is 6.83. The van der Waals surface area contributed by atoms with Crippen molar-refractivity contribution in [3.63, 3.8) is 0 Å². The van der Waals surface area contributed by atoms with E-state index in [2.05, 4.69) is 34.2 Å². The number of amides is 1. The van der Waals surface area contributed by atoms with Gasteiger partial charge in [0.25, 0.3) is 5.91 Å². The Bertz CT molecular complexity index is 699. The van der Waals surface area contributed by atoms with E-state index in [4.69, 9.17) is 0 Å². The fourth-order valence-electron chi connectivity index (χ4n) is 4.16. The first-order valence-corrected chi connectivity index (χ1v) is 9.47. The van der Waals surface area contributed by atoms with Crippen molar-refractivity contribution in [1.29, 1.82) is 0 Å². The first kappa shape index (κ1) is 14.9. The van der Waals surface area contributed by atoms with Crippen molar-refractivity contribution in [3.8, 4) is 10.6 Å². The van der Waals surface area contributed by atoms with E-state index in [1.807, 2.05) is 6.07 Å². The molecule has 0 bridgehead atoms. The molecule has 4 rings (SSSR count). The zero-order valence-corrected chi connectivity index (χ0v) is 14.4. The Morgan fingerprint density at radius 2 is 2.09 bits per heavy atom. The van der Waals surface area contributed by atoms with Gasteiger partial charge in [0, 0.05) is 17.5 Å². The lowest BCUT2D eigenvalue weighted by Gasteiger charge is -2.28. The minimum absolute atomic E-state index is 0.107. The van der Waals surface area contributed by atoms with Crippen molar-refractivity contribution >= 4 is 17.2 Å². The van der Waals surface area contributed by atoms with Crippen LogP contribution in [0.4, 0.5) is 0 Å². The molecule has 23 heavy (non-hydrogen) atoms. The number of nitrogens with one attached hydrogen (secondary N) is 1. The maximum Gasteiger partial charge on any atom is 0.274 e. The quantitative estimate of drug-likeness (QED) is 0.915. The third-order valence-corrected chi connectivity index (χ3v) is 6.34. The number of aromatic amines is 1. The third kappa shape index (κ3) is 2.82. The molecule has 5 heteroatoms. The summed E-state index contributed by atoms with van der Waals surface area (Å²) in [5.74, 6) is 0.815. The molecule has 2 aromatic heterocycles. The summed E-state index contributed by atoms with van der Waals surface area (Å²) < 4.78 is 0. The Kier molecular flexibility index (Phi) is 3.97. The van der Waals surface area contributed by atoms with Crippen LogP contribution in [0.1, 0.15) is 53.9 Å². The topological polar surface area (TPSA) is 49.0 Å². The fraction of sp³-hybridized carbons (Fsp3) is 0.556. The lowest BCUT2D eigenvalue weighted by molar-refractivity contribution is 0.0683. The second kappa shape index (κ2) is 6.11. The predicted octanol–water partition coefficient (Wildman–Crippen LogP) is 4.24. The second-order valence-corrected chi connectivity index (χ2v) is 8.12. The van der Waals surface area contributed by atoms with Crippen LogP contribution in [-0.4, -0.2) is 33.6 Å². The van der Waals surface area contributed by atoms with E-state index in [0.29, 0.717) is 17.7 Å². The lowest BCUT2D eigenvalue weighted by Crippen LogP contribution is -2.39. The summed E-state index contributed by atoms with van der Waals surface area (Å²) >= 11 is 1.72. The van der Waals surface area contributed by atoms with E-state index < -0.39 is 0 Å². The number of nitrogens with zero attached hydrogens (tertiary/aromatic N) is 2. The van der Waals surface area contributed by atoms with Crippen LogP contribution in [0.15, 0.2) is 18.2 Å². The van der Waals surface area contributed by atoms with Crippen molar-refractivity contribution in [2.45, 2.75) is 51.5 Å². The number of hydrogen-bond acceptors (Lipinski definition) is 3. The van der Waals surface area contributed by atoms with E-state index >= 15 is 0 Å². The van der Waals surface area contributed by atoms with Crippen LogP contribution in [-0.2, 0) is 0 Å².